The molecular formula is C17H17N3O4. The van der Waals surface area contributed by atoms with E-state index in [1.165, 1.54) is 6.33 Å². The lowest BCUT2D eigenvalue weighted by atomic mass is 10.1. The Morgan fingerprint density at radius 3 is 2.88 bits per heavy atom. The topological polar surface area (TPSA) is 73.8 Å². The molecule has 3 heterocycles. The second-order valence-electron chi connectivity index (χ2n) is 5.67. The Bertz CT molecular complexity index is 793. The van der Waals surface area contributed by atoms with Gasteiger partial charge in [-0.1, -0.05) is 0 Å². The summed E-state index contributed by atoms with van der Waals surface area (Å²) in [5.74, 6) is 1.87. The van der Waals surface area contributed by atoms with E-state index in [1.807, 2.05) is 4.90 Å². The maximum atomic E-state index is 12.8. The van der Waals surface area contributed by atoms with Gasteiger partial charge in [-0.25, -0.2) is 9.97 Å². The quantitative estimate of drug-likeness (QED) is 0.831. The molecular weight excluding hydrogens is 310 g/mol. The van der Waals surface area contributed by atoms with Gasteiger partial charge < -0.3 is 19.1 Å². The number of benzene rings is 1. The van der Waals surface area contributed by atoms with Crippen LogP contribution in [0.4, 0.5) is 0 Å². The van der Waals surface area contributed by atoms with Gasteiger partial charge in [0.2, 0.25) is 12.7 Å². The summed E-state index contributed by atoms with van der Waals surface area (Å²) in [7, 11) is 1.60. The molecule has 0 spiro atoms. The molecule has 0 radical (unpaired) electrons. The van der Waals surface area contributed by atoms with E-state index in [9.17, 15) is 4.79 Å². The number of carbonyl (C=O) groups is 1. The number of aromatic nitrogens is 2. The SMILES string of the molecule is COc1ncnc2c1CCN(C(=O)c1ccc3c(c1)OCO3)CC2. The third kappa shape index (κ3) is 2.51. The fraction of sp³-hybridized carbons (Fsp3) is 0.353. The molecule has 1 aromatic carbocycles. The van der Waals surface area contributed by atoms with E-state index < -0.39 is 0 Å². The number of nitrogens with zero attached hydrogens (tertiary/aromatic N) is 3. The summed E-state index contributed by atoms with van der Waals surface area (Å²) < 4.78 is 16.0. The summed E-state index contributed by atoms with van der Waals surface area (Å²) in [4.78, 5) is 23.1. The van der Waals surface area contributed by atoms with Crippen LogP contribution in [0.3, 0.4) is 0 Å². The number of fused-ring (bicyclic) bond motifs is 2. The van der Waals surface area contributed by atoms with E-state index in [4.69, 9.17) is 14.2 Å². The highest BCUT2D eigenvalue weighted by Crippen LogP contribution is 2.33. The van der Waals surface area contributed by atoms with Crippen LogP contribution >= 0.6 is 0 Å². The average molecular weight is 327 g/mol. The number of carbonyl (C=O) groups excluding carboxylic acids is 1. The first-order chi connectivity index (χ1) is 11.8. The van der Waals surface area contributed by atoms with Crippen molar-refractivity contribution in [1.29, 1.82) is 0 Å². The number of hydrogen-bond donors (Lipinski definition) is 0. The Kier molecular flexibility index (Phi) is 3.68. The summed E-state index contributed by atoms with van der Waals surface area (Å²) in [6, 6.07) is 5.29. The van der Waals surface area contributed by atoms with Crippen molar-refractivity contribution in [3.63, 3.8) is 0 Å². The van der Waals surface area contributed by atoms with Gasteiger partial charge in [-0.05, 0) is 24.6 Å². The first kappa shape index (κ1) is 14.7. The van der Waals surface area contributed by atoms with Crippen molar-refractivity contribution in [3.05, 3.63) is 41.3 Å². The highest BCUT2D eigenvalue weighted by Gasteiger charge is 2.24. The van der Waals surface area contributed by atoms with Crippen molar-refractivity contribution >= 4 is 5.91 Å². The van der Waals surface area contributed by atoms with E-state index in [1.54, 1.807) is 25.3 Å². The number of rotatable bonds is 2. The first-order valence-corrected chi connectivity index (χ1v) is 7.82. The summed E-state index contributed by atoms with van der Waals surface area (Å²) in [5.41, 5.74) is 2.53. The maximum absolute atomic E-state index is 12.8. The Balaban J connectivity index is 1.55. The molecule has 124 valence electrons. The van der Waals surface area contributed by atoms with Crippen LogP contribution in [0.5, 0.6) is 17.4 Å². The lowest BCUT2D eigenvalue weighted by Gasteiger charge is -2.20. The summed E-state index contributed by atoms with van der Waals surface area (Å²) >= 11 is 0. The fourth-order valence-corrected chi connectivity index (χ4v) is 3.09. The summed E-state index contributed by atoms with van der Waals surface area (Å²) in [5, 5.41) is 0. The number of methoxy groups -OCH3 is 1. The highest BCUT2D eigenvalue weighted by molar-refractivity contribution is 5.95. The molecule has 24 heavy (non-hydrogen) atoms. The van der Waals surface area contributed by atoms with Crippen molar-refractivity contribution in [1.82, 2.24) is 14.9 Å². The van der Waals surface area contributed by atoms with Crippen molar-refractivity contribution in [2.75, 3.05) is 27.0 Å². The number of hydrogen-bond acceptors (Lipinski definition) is 6. The summed E-state index contributed by atoms with van der Waals surface area (Å²) in [6.45, 7) is 1.41. The van der Waals surface area contributed by atoms with Crippen LogP contribution in [0.15, 0.2) is 24.5 Å². The van der Waals surface area contributed by atoms with Gasteiger partial charge >= 0.3 is 0 Å². The number of ether oxygens (including phenoxy) is 3. The van der Waals surface area contributed by atoms with Crippen molar-refractivity contribution < 1.29 is 19.0 Å². The van der Waals surface area contributed by atoms with Gasteiger partial charge in [-0.2, -0.15) is 0 Å². The van der Waals surface area contributed by atoms with Gasteiger partial charge in [0.25, 0.3) is 5.91 Å². The average Bonchev–Trinajstić information content (AvgIpc) is 2.98. The Morgan fingerprint density at radius 1 is 1.17 bits per heavy atom. The van der Waals surface area contributed by atoms with Crippen LogP contribution in [-0.4, -0.2) is 47.8 Å². The molecule has 7 nitrogen and oxygen atoms in total. The molecule has 0 saturated carbocycles. The van der Waals surface area contributed by atoms with Crippen LogP contribution in [-0.2, 0) is 12.8 Å². The normalized spacial score (nSPS) is 15.6. The van der Waals surface area contributed by atoms with E-state index in [0.717, 1.165) is 11.3 Å². The second-order valence-corrected chi connectivity index (χ2v) is 5.67. The Labute approximate surface area is 139 Å². The van der Waals surface area contributed by atoms with Gasteiger partial charge in [0.1, 0.15) is 6.33 Å². The van der Waals surface area contributed by atoms with Gasteiger partial charge in [0.05, 0.1) is 12.8 Å². The van der Waals surface area contributed by atoms with E-state index >= 15 is 0 Å². The summed E-state index contributed by atoms with van der Waals surface area (Å²) in [6.07, 6.45) is 2.87. The minimum Gasteiger partial charge on any atom is -0.481 e. The molecule has 0 aliphatic carbocycles. The lowest BCUT2D eigenvalue weighted by Crippen LogP contribution is -2.33. The molecule has 2 aliphatic rings. The minimum atomic E-state index is -0.0203. The largest absolute Gasteiger partial charge is 0.481 e. The van der Waals surface area contributed by atoms with Crippen LogP contribution in [0.25, 0.3) is 0 Å². The molecule has 7 heteroatoms. The van der Waals surface area contributed by atoms with Crippen molar-refractivity contribution in [2.45, 2.75) is 12.8 Å². The molecule has 1 aromatic heterocycles. The maximum Gasteiger partial charge on any atom is 0.254 e. The van der Waals surface area contributed by atoms with Gasteiger partial charge in [0.15, 0.2) is 11.5 Å². The minimum absolute atomic E-state index is 0.0203. The molecule has 2 aromatic rings. The smallest absolute Gasteiger partial charge is 0.254 e. The van der Waals surface area contributed by atoms with E-state index in [-0.39, 0.29) is 12.7 Å². The monoisotopic (exact) mass is 327 g/mol. The van der Waals surface area contributed by atoms with Crippen LogP contribution in [0.2, 0.25) is 0 Å². The van der Waals surface area contributed by atoms with Gasteiger partial charge in [0, 0.05) is 30.6 Å². The molecule has 0 unspecified atom stereocenters. The zero-order valence-corrected chi connectivity index (χ0v) is 13.3. The third-order valence-corrected chi connectivity index (χ3v) is 4.35. The predicted octanol–water partition coefficient (Wildman–Crippen LogP) is 1.45. The molecule has 2 aliphatic heterocycles. The standard InChI is InChI=1S/C17H17N3O4/c1-22-16-12-4-6-20(7-5-13(12)18-9-19-16)17(21)11-2-3-14-15(8-11)24-10-23-14/h2-3,8-9H,4-7,10H2,1H3. The molecule has 0 saturated heterocycles. The lowest BCUT2D eigenvalue weighted by molar-refractivity contribution is 0.0762. The number of amides is 1. The zero-order chi connectivity index (χ0) is 16.5. The molecule has 0 N–H and O–H groups in total. The van der Waals surface area contributed by atoms with Gasteiger partial charge in [-0.3, -0.25) is 4.79 Å². The van der Waals surface area contributed by atoms with E-state index in [0.29, 0.717) is 48.9 Å². The van der Waals surface area contributed by atoms with Crippen molar-refractivity contribution in [2.24, 2.45) is 0 Å². The molecule has 0 atom stereocenters. The third-order valence-electron chi connectivity index (χ3n) is 4.35. The zero-order valence-electron chi connectivity index (χ0n) is 13.3. The highest BCUT2D eigenvalue weighted by atomic mass is 16.7. The molecule has 0 fully saturated rings. The van der Waals surface area contributed by atoms with Crippen LogP contribution in [0.1, 0.15) is 21.6 Å². The molecule has 0 bridgehead atoms. The predicted molar refractivity (Wildman–Crippen MR) is 84.5 cm³/mol. The molecule has 4 rings (SSSR count). The van der Waals surface area contributed by atoms with E-state index in [2.05, 4.69) is 9.97 Å². The molecule has 1 amide bonds. The van der Waals surface area contributed by atoms with Crippen LogP contribution in [0, 0.1) is 0 Å². The first-order valence-electron chi connectivity index (χ1n) is 7.82. The van der Waals surface area contributed by atoms with Crippen LogP contribution < -0.4 is 14.2 Å². The Morgan fingerprint density at radius 2 is 2.00 bits per heavy atom. The fourth-order valence-electron chi connectivity index (χ4n) is 3.09. The second kappa shape index (κ2) is 5.99. The Hall–Kier alpha value is -2.83. The van der Waals surface area contributed by atoms with Crippen molar-refractivity contribution in [3.8, 4) is 17.4 Å². The van der Waals surface area contributed by atoms with Gasteiger partial charge in [-0.15, -0.1) is 0 Å².